The van der Waals surface area contributed by atoms with Crippen LogP contribution in [0, 0.1) is 25.7 Å². The van der Waals surface area contributed by atoms with Gasteiger partial charge in [-0.3, -0.25) is 4.79 Å². The molecule has 0 aromatic heterocycles. The van der Waals surface area contributed by atoms with Gasteiger partial charge in [-0.15, -0.1) is 0 Å². The Balaban J connectivity index is 2.16. The van der Waals surface area contributed by atoms with Crippen LogP contribution in [0.5, 0.6) is 0 Å². The first-order valence-electron chi connectivity index (χ1n) is 7.72. The molecule has 5 nitrogen and oxygen atoms in total. The van der Waals surface area contributed by atoms with Crippen molar-refractivity contribution < 1.29 is 13.2 Å². The molecular weight excluding hydrogens is 336 g/mol. The van der Waals surface area contributed by atoms with Crippen LogP contribution in [-0.2, 0) is 10.0 Å². The zero-order chi connectivity index (χ0) is 18.4. The summed E-state index contributed by atoms with van der Waals surface area (Å²) in [6.45, 7) is 3.66. The molecule has 0 saturated carbocycles. The monoisotopic (exact) mass is 356 g/mol. The Bertz CT molecular complexity index is 940. The number of hydrogen-bond donors (Lipinski definition) is 2. The molecule has 0 fully saturated rings. The van der Waals surface area contributed by atoms with Gasteiger partial charge in [0.15, 0.2) is 0 Å². The zero-order valence-electron chi connectivity index (χ0n) is 14.4. The molecule has 0 atom stereocenters. The van der Waals surface area contributed by atoms with Crippen LogP contribution in [-0.4, -0.2) is 27.9 Å². The van der Waals surface area contributed by atoms with Crippen molar-refractivity contribution in [2.45, 2.75) is 18.7 Å². The van der Waals surface area contributed by atoms with Crippen molar-refractivity contribution in [3.63, 3.8) is 0 Å². The van der Waals surface area contributed by atoms with E-state index in [-0.39, 0.29) is 17.3 Å². The van der Waals surface area contributed by atoms with E-state index in [1.807, 2.05) is 30.3 Å². The first-order chi connectivity index (χ1) is 11.8. The Kier molecular flexibility index (Phi) is 5.97. The normalized spacial score (nSPS) is 10.7. The average molecular weight is 356 g/mol. The van der Waals surface area contributed by atoms with Crippen LogP contribution in [0.15, 0.2) is 47.4 Å². The molecule has 25 heavy (non-hydrogen) atoms. The molecule has 0 unspecified atom stereocenters. The maximum absolute atomic E-state index is 12.3. The van der Waals surface area contributed by atoms with Crippen LogP contribution < -0.4 is 10.0 Å². The molecule has 6 heteroatoms. The molecule has 0 aliphatic rings. The number of carbonyl (C=O) groups is 1. The van der Waals surface area contributed by atoms with Gasteiger partial charge in [-0.2, -0.15) is 0 Å². The number of carbonyl (C=O) groups excluding carboxylic acids is 1. The van der Waals surface area contributed by atoms with Crippen LogP contribution >= 0.6 is 0 Å². The molecule has 0 saturated heterocycles. The van der Waals surface area contributed by atoms with E-state index in [1.165, 1.54) is 13.1 Å². The second-order valence-electron chi connectivity index (χ2n) is 5.47. The van der Waals surface area contributed by atoms with Gasteiger partial charge < -0.3 is 5.32 Å². The van der Waals surface area contributed by atoms with Crippen molar-refractivity contribution in [2.24, 2.45) is 0 Å². The Morgan fingerprint density at radius 3 is 2.44 bits per heavy atom. The highest BCUT2D eigenvalue weighted by molar-refractivity contribution is 7.89. The molecule has 2 N–H and O–H groups in total. The van der Waals surface area contributed by atoms with E-state index in [2.05, 4.69) is 21.9 Å². The number of amides is 1. The molecule has 0 bridgehead atoms. The lowest BCUT2D eigenvalue weighted by molar-refractivity contribution is 0.0958. The first kappa shape index (κ1) is 18.7. The van der Waals surface area contributed by atoms with Crippen LogP contribution in [0.3, 0.4) is 0 Å². The minimum absolute atomic E-state index is 0.107. The second kappa shape index (κ2) is 7.97. The summed E-state index contributed by atoms with van der Waals surface area (Å²) in [5.74, 6) is 5.46. The van der Waals surface area contributed by atoms with Gasteiger partial charge in [-0.05, 0) is 56.3 Å². The fourth-order valence-corrected chi connectivity index (χ4v) is 3.31. The topological polar surface area (TPSA) is 75.3 Å². The van der Waals surface area contributed by atoms with Crippen molar-refractivity contribution in [2.75, 3.05) is 13.6 Å². The van der Waals surface area contributed by atoms with Crippen molar-refractivity contribution in [3.8, 4) is 11.8 Å². The molecule has 1 amide bonds. The molecule has 2 aromatic carbocycles. The Morgan fingerprint density at radius 2 is 1.80 bits per heavy atom. The summed E-state index contributed by atoms with van der Waals surface area (Å²) < 4.78 is 26.5. The third kappa shape index (κ3) is 4.69. The molecule has 0 spiro atoms. The average Bonchev–Trinajstić information content (AvgIpc) is 2.61. The lowest BCUT2D eigenvalue weighted by atomic mass is 10.1. The van der Waals surface area contributed by atoms with Crippen molar-refractivity contribution >= 4 is 15.9 Å². The van der Waals surface area contributed by atoms with Crippen molar-refractivity contribution in [1.29, 1.82) is 0 Å². The number of aryl methyl sites for hydroxylation is 1. The zero-order valence-corrected chi connectivity index (χ0v) is 15.2. The molecule has 2 rings (SSSR count). The van der Waals surface area contributed by atoms with Crippen molar-refractivity contribution in [1.82, 2.24) is 10.0 Å². The summed E-state index contributed by atoms with van der Waals surface area (Å²) in [7, 11) is -2.28. The molecular formula is C19H20N2O3S. The van der Waals surface area contributed by atoms with E-state index in [0.717, 1.165) is 11.1 Å². The van der Waals surface area contributed by atoms with Crippen LogP contribution in [0.1, 0.15) is 27.0 Å². The summed E-state index contributed by atoms with van der Waals surface area (Å²) in [4.78, 5) is 12.4. The van der Waals surface area contributed by atoms with Gasteiger partial charge in [-0.25, -0.2) is 13.1 Å². The van der Waals surface area contributed by atoms with E-state index in [4.69, 9.17) is 0 Å². The fraction of sp³-hybridized carbons (Fsp3) is 0.211. The van der Waals surface area contributed by atoms with E-state index in [9.17, 15) is 13.2 Å². The predicted octanol–water partition coefficient (Wildman–Crippen LogP) is 1.99. The number of hydrogen-bond acceptors (Lipinski definition) is 3. The van der Waals surface area contributed by atoms with Crippen LogP contribution in [0.2, 0.25) is 0 Å². The SMILES string of the molecule is CNS(=O)(=O)c1cc(C(=O)NCC#Cc2ccccc2)cc(C)c1C. The van der Waals surface area contributed by atoms with Crippen LogP contribution in [0.4, 0.5) is 0 Å². The van der Waals surface area contributed by atoms with E-state index < -0.39 is 10.0 Å². The summed E-state index contributed by atoms with van der Waals surface area (Å²) >= 11 is 0. The smallest absolute Gasteiger partial charge is 0.252 e. The van der Waals surface area contributed by atoms with E-state index in [0.29, 0.717) is 11.1 Å². The molecule has 2 aromatic rings. The van der Waals surface area contributed by atoms with Gasteiger partial charge in [0.1, 0.15) is 0 Å². The lowest BCUT2D eigenvalue weighted by Crippen LogP contribution is -2.25. The van der Waals surface area contributed by atoms with Crippen molar-refractivity contribution in [3.05, 3.63) is 64.7 Å². The number of benzene rings is 2. The van der Waals surface area contributed by atoms with Gasteiger partial charge in [0.2, 0.25) is 10.0 Å². The molecule has 0 radical (unpaired) electrons. The van der Waals surface area contributed by atoms with E-state index in [1.54, 1.807) is 19.9 Å². The molecule has 0 aliphatic heterocycles. The third-order valence-corrected chi connectivity index (χ3v) is 5.32. The lowest BCUT2D eigenvalue weighted by Gasteiger charge is -2.12. The minimum Gasteiger partial charge on any atom is -0.341 e. The Morgan fingerprint density at radius 1 is 1.12 bits per heavy atom. The fourth-order valence-electron chi connectivity index (χ4n) is 2.24. The number of rotatable bonds is 4. The van der Waals surface area contributed by atoms with Gasteiger partial charge in [0, 0.05) is 11.1 Å². The summed E-state index contributed by atoms with van der Waals surface area (Å²) in [6.07, 6.45) is 0. The maximum Gasteiger partial charge on any atom is 0.252 e. The summed E-state index contributed by atoms with van der Waals surface area (Å²) in [5, 5.41) is 2.68. The van der Waals surface area contributed by atoms with Gasteiger partial charge in [0.25, 0.3) is 5.91 Å². The predicted molar refractivity (Wildman–Crippen MR) is 97.8 cm³/mol. The largest absolute Gasteiger partial charge is 0.341 e. The summed E-state index contributed by atoms with van der Waals surface area (Å²) in [5.41, 5.74) is 2.51. The second-order valence-corrected chi connectivity index (χ2v) is 7.33. The Labute approximate surface area is 148 Å². The maximum atomic E-state index is 12.3. The van der Waals surface area contributed by atoms with Gasteiger partial charge in [-0.1, -0.05) is 30.0 Å². The highest BCUT2D eigenvalue weighted by Gasteiger charge is 2.19. The van der Waals surface area contributed by atoms with Gasteiger partial charge in [0.05, 0.1) is 11.4 Å². The minimum atomic E-state index is -3.63. The number of sulfonamides is 1. The molecule has 0 aliphatic carbocycles. The standard InChI is InChI=1S/C19H20N2O3S/c1-14-12-17(13-18(15(14)2)25(23,24)20-3)19(22)21-11-7-10-16-8-5-4-6-9-16/h4-6,8-9,12-13,20H,11H2,1-3H3,(H,21,22). The molecule has 130 valence electrons. The quantitative estimate of drug-likeness (QED) is 0.823. The first-order valence-corrected chi connectivity index (χ1v) is 9.20. The highest BCUT2D eigenvalue weighted by atomic mass is 32.2. The highest BCUT2D eigenvalue weighted by Crippen LogP contribution is 2.20. The van der Waals surface area contributed by atoms with E-state index >= 15 is 0 Å². The van der Waals surface area contributed by atoms with Gasteiger partial charge >= 0.3 is 0 Å². The van der Waals surface area contributed by atoms with Crippen LogP contribution in [0.25, 0.3) is 0 Å². The molecule has 0 heterocycles. The summed E-state index contributed by atoms with van der Waals surface area (Å²) in [6, 6.07) is 12.5. The number of nitrogens with one attached hydrogen (secondary N) is 2. The Hall–Kier alpha value is -2.62. The third-order valence-electron chi connectivity index (χ3n) is 3.78.